The average molecular weight is 158 g/mol. The summed E-state index contributed by atoms with van der Waals surface area (Å²) in [5, 5.41) is 9.73. The lowest BCUT2D eigenvalue weighted by Gasteiger charge is -2.24. The molecular weight excluding hydrogens is 140 g/mol. The third kappa shape index (κ3) is 4.14. The fourth-order valence-corrected chi connectivity index (χ4v) is 1.01. The summed E-state index contributed by atoms with van der Waals surface area (Å²) in [4.78, 5) is 10.6. The molecule has 0 radical (unpaired) electrons. The minimum absolute atomic E-state index is 0.158. The lowest BCUT2D eigenvalue weighted by atomic mass is 9.91. The summed E-state index contributed by atoms with van der Waals surface area (Å²) < 4.78 is 0. The van der Waals surface area contributed by atoms with Crippen LogP contribution in [0, 0.1) is 0 Å². The van der Waals surface area contributed by atoms with Crippen LogP contribution in [0.25, 0.3) is 0 Å². The first-order chi connectivity index (χ1) is 5.04. The second-order valence-corrected chi connectivity index (χ2v) is 3.13. The molecule has 1 N–H and O–H groups in total. The fourth-order valence-electron chi connectivity index (χ4n) is 1.01. The maximum Gasteiger partial charge on any atom is 0.129 e. The number of carbonyl (C=O) groups is 1. The fraction of sp³-hybridized carbons (Fsp3) is 0.889. The smallest absolute Gasteiger partial charge is 0.129 e. The maximum absolute atomic E-state index is 10.6. The second-order valence-electron chi connectivity index (χ2n) is 3.13. The van der Waals surface area contributed by atoms with Gasteiger partial charge in [-0.3, -0.25) is 0 Å². The van der Waals surface area contributed by atoms with Gasteiger partial charge in [0.25, 0.3) is 0 Å². The van der Waals surface area contributed by atoms with Gasteiger partial charge < -0.3 is 9.90 Å². The molecule has 0 aromatic heterocycles. The highest BCUT2D eigenvalue weighted by Crippen LogP contribution is 2.20. The summed E-state index contributed by atoms with van der Waals surface area (Å²) in [6.45, 7) is 5.46. The second kappa shape index (κ2) is 4.50. The molecule has 2 heteroatoms. The van der Waals surface area contributed by atoms with E-state index in [0.717, 1.165) is 12.8 Å². The predicted molar refractivity (Wildman–Crippen MR) is 45.4 cm³/mol. The lowest BCUT2D eigenvalue weighted by molar-refractivity contribution is -0.118. The van der Waals surface area contributed by atoms with Crippen LogP contribution >= 0.6 is 0 Å². The van der Waals surface area contributed by atoms with Gasteiger partial charge in [-0.25, -0.2) is 0 Å². The number of rotatable bonds is 5. The Morgan fingerprint density at radius 1 is 1.36 bits per heavy atom. The standard InChI is InChI=1S/C9H18O2/c1-4-9(11,5-2)7-6-8(3)10/h11H,4-7H2,1-3H3. The summed E-state index contributed by atoms with van der Waals surface area (Å²) >= 11 is 0. The third-order valence-corrected chi connectivity index (χ3v) is 2.26. The summed E-state index contributed by atoms with van der Waals surface area (Å²) in [6.07, 6.45) is 2.57. The van der Waals surface area contributed by atoms with Crippen molar-refractivity contribution >= 4 is 5.78 Å². The maximum atomic E-state index is 10.6. The van der Waals surface area contributed by atoms with Crippen molar-refractivity contribution in [3.8, 4) is 0 Å². The first-order valence-corrected chi connectivity index (χ1v) is 4.26. The van der Waals surface area contributed by atoms with Gasteiger partial charge in [0.2, 0.25) is 0 Å². The molecule has 0 unspecified atom stereocenters. The zero-order valence-electron chi connectivity index (χ0n) is 7.68. The lowest BCUT2D eigenvalue weighted by Crippen LogP contribution is -2.26. The summed E-state index contributed by atoms with van der Waals surface area (Å²) in [5.74, 6) is 0.158. The van der Waals surface area contributed by atoms with Crippen LogP contribution in [0.2, 0.25) is 0 Å². The van der Waals surface area contributed by atoms with E-state index in [0.29, 0.717) is 12.8 Å². The van der Waals surface area contributed by atoms with E-state index in [1.807, 2.05) is 13.8 Å². The van der Waals surface area contributed by atoms with Gasteiger partial charge in [0, 0.05) is 6.42 Å². The van der Waals surface area contributed by atoms with E-state index in [1.54, 1.807) is 6.92 Å². The van der Waals surface area contributed by atoms with E-state index in [1.165, 1.54) is 0 Å². The van der Waals surface area contributed by atoms with Gasteiger partial charge in [-0.2, -0.15) is 0 Å². The molecule has 11 heavy (non-hydrogen) atoms. The van der Waals surface area contributed by atoms with E-state index in [2.05, 4.69) is 0 Å². The van der Waals surface area contributed by atoms with E-state index in [4.69, 9.17) is 0 Å². The van der Waals surface area contributed by atoms with Crippen LogP contribution in [0.5, 0.6) is 0 Å². The Kier molecular flexibility index (Phi) is 4.34. The molecule has 0 heterocycles. The van der Waals surface area contributed by atoms with E-state index in [-0.39, 0.29) is 5.78 Å². The van der Waals surface area contributed by atoms with Crippen LogP contribution in [-0.4, -0.2) is 16.5 Å². The van der Waals surface area contributed by atoms with E-state index < -0.39 is 5.60 Å². The zero-order valence-corrected chi connectivity index (χ0v) is 7.68. The minimum atomic E-state index is -0.605. The van der Waals surface area contributed by atoms with Gasteiger partial charge in [0.15, 0.2) is 0 Å². The molecule has 66 valence electrons. The molecule has 0 rings (SSSR count). The van der Waals surface area contributed by atoms with Crippen LogP contribution in [0.15, 0.2) is 0 Å². The minimum Gasteiger partial charge on any atom is -0.390 e. The van der Waals surface area contributed by atoms with Gasteiger partial charge in [-0.1, -0.05) is 13.8 Å². The Morgan fingerprint density at radius 3 is 2.09 bits per heavy atom. The molecule has 0 aliphatic carbocycles. The molecule has 0 fully saturated rings. The number of hydrogen-bond donors (Lipinski definition) is 1. The molecule has 0 aromatic carbocycles. The molecule has 0 saturated heterocycles. The van der Waals surface area contributed by atoms with Crippen molar-refractivity contribution in [1.82, 2.24) is 0 Å². The monoisotopic (exact) mass is 158 g/mol. The van der Waals surface area contributed by atoms with Gasteiger partial charge in [0.1, 0.15) is 5.78 Å². The van der Waals surface area contributed by atoms with Gasteiger partial charge >= 0.3 is 0 Å². The Morgan fingerprint density at radius 2 is 1.82 bits per heavy atom. The highest BCUT2D eigenvalue weighted by atomic mass is 16.3. The SMILES string of the molecule is CCC(O)(CC)CCC(C)=O. The molecule has 0 amide bonds. The van der Waals surface area contributed by atoms with Crippen LogP contribution in [0.1, 0.15) is 46.5 Å². The Balaban J connectivity index is 3.78. The normalized spacial score (nSPS) is 11.6. The molecule has 0 spiro atoms. The molecule has 0 bridgehead atoms. The van der Waals surface area contributed by atoms with Crippen molar-refractivity contribution < 1.29 is 9.90 Å². The van der Waals surface area contributed by atoms with Crippen LogP contribution in [0.4, 0.5) is 0 Å². The number of hydrogen-bond acceptors (Lipinski definition) is 2. The zero-order chi connectivity index (χ0) is 8.91. The first-order valence-electron chi connectivity index (χ1n) is 4.26. The Bertz CT molecular complexity index is 126. The van der Waals surface area contributed by atoms with Gasteiger partial charge in [-0.05, 0) is 26.2 Å². The van der Waals surface area contributed by atoms with Crippen molar-refractivity contribution in [3.63, 3.8) is 0 Å². The first kappa shape index (κ1) is 10.6. The average Bonchev–Trinajstić information content (AvgIpc) is 2.00. The van der Waals surface area contributed by atoms with Crippen molar-refractivity contribution in [1.29, 1.82) is 0 Å². The van der Waals surface area contributed by atoms with E-state index in [9.17, 15) is 9.90 Å². The molecule has 2 nitrogen and oxygen atoms in total. The Labute approximate surface area is 68.6 Å². The topological polar surface area (TPSA) is 37.3 Å². The molecule has 0 saturated carbocycles. The molecular formula is C9H18O2. The van der Waals surface area contributed by atoms with Crippen LogP contribution in [0.3, 0.4) is 0 Å². The molecule has 0 atom stereocenters. The highest BCUT2D eigenvalue weighted by Gasteiger charge is 2.21. The van der Waals surface area contributed by atoms with Crippen molar-refractivity contribution in [2.75, 3.05) is 0 Å². The largest absolute Gasteiger partial charge is 0.390 e. The summed E-state index contributed by atoms with van der Waals surface area (Å²) in [5.41, 5.74) is -0.605. The highest BCUT2D eigenvalue weighted by molar-refractivity contribution is 5.75. The number of ketones is 1. The summed E-state index contributed by atoms with van der Waals surface area (Å²) in [6, 6.07) is 0. The van der Waals surface area contributed by atoms with Crippen molar-refractivity contribution in [2.24, 2.45) is 0 Å². The van der Waals surface area contributed by atoms with Crippen LogP contribution < -0.4 is 0 Å². The number of carbonyl (C=O) groups excluding carboxylic acids is 1. The van der Waals surface area contributed by atoms with E-state index >= 15 is 0 Å². The third-order valence-electron chi connectivity index (χ3n) is 2.26. The predicted octanol–water partition coefficient (Wildman–Crippen LogP) is 1.91. The Hall–Kier alpha value is -0.370. The number of aliphatic hydroxyl groups is 1. The quantitative estimate of drug-likeness (QED) is 0.663. The molecule has 0 aromatic rings. The van der Waals surface area contributed by atoms with Crippen molar-refractivity contribution in [3.05, 3.63) is 0 Å². The molecule has 0 aliphatic rings. The van der Waals surface area contributed by atoms with Crippen LogP contribution in [-0.2, 0) is 4.79 Å². The summed E-state index contributed by atoms with van der Waals surface area (Å²) in [7, 11) is 0. The molecule has 0 aliphatic heterocycles. The van der Waals surface area contributed by atoms with Gasteiger partial charge in [0.05, 0.1) is 5.60 Å². The van der Waals surface area contributed by atoms with Crippen molar-refractivity contribution in [2.45, 2.75) is 52.1 Å². The number of Topliss-reactive ketones (excluding diaryl/α,β-unsaturated/α-hetero) is 1. The van der Waals surface area contributed by atoms with Gasteiger partial charge in [-0.15, -0.1) is 0 Å².